The van der Waals surface area contributed by atoms with Crippen molar-refractivity contribution in [2.75, 3.05) is 13.1 Å². The van der Waals surface area contributed by atoms with Gasteiger partial charge in [0.05, 0.1) is 6.54 Å². The van der Waals surface area contributed by atoms with E-state index in [9.17, 15) is 19.2 Å². The summed E-state index contributed by atoms with van der Waals surface area (Å²) in [6.45, 7) is -0.701. The van der Waals surface area contributed by atoms with Gasteiger partial charge in [0.2, 0.25) is 11.8 Å². The van der Waals surface area contributed by atoms with Crippen molar-refractivity contribution >= 4 is 23.8 Å². The van der Waals surface area contributed by atoms with E-state index in [1.165, 1.54) is 0 Å². The number of rotatable bonds is 4. The molecule has 0 aromatic rings. The smallest absolute Gasteiger partial charge is 0.325 e. The number of primary amides is 1. The normalized spacial score (nSPS) is 21.0. The van der Waals surface area contributed by atoms with Crippen molar-refractivity contribution in [2.24, 2.45) is 5.73 Å². The summed E-state index contributed by atoms with van der Waals surface area (Å²) in [6, 6.07) is -0.545. The second-order valence-corrected chi connectivity index (χ2v) is 5.56. The summed E-state index contributed by atoms with van der Waals surface area (Å²) in [4.78, 5) is 47.6. The minimum atomic E-state index is -0.850. The molecule has 8 heteroatoms. The molecule has 1 spiro atoms. The van der Waals surface area contributed by atoms with Crippen LogP contribution >= 0.6 is 0 Å². The van der Waals surface area contributed by atoms with Crippen LogP contribution in [0.5, 0.6) is 0 Å². The van der Waals surface area contributed by atoms with Crippen molar-refractivity contribution in [3.8, 4) is 0 Å². The van der Waals surface area contributed by atoms with Crippen molar-refractivity contribution in [1.29, 1.82) is 0 Å². The number of imide groups is 1. The van der Waals surface area contributed by atoms with Gasteiger partial charge in [0.25, 0.3) is 5.91 Å². The van der Waals surface area contributed by atoms with E-state index in [2.05, 4.69) is 10.6 Å². The first-order valence-electron chi connectivity index (χ1n) is 7.14. The fourth-order valence-corrected chi connectivity index (χ4v) is 2.88. The Balaban J connectivity index is 2.01. The average molecular weight is 296 g/mol. The summed E-state index contributed by atoms with van der Waals surface area (Å²) >= 11 is 0. The monoisotopic (exact) mass is 296 g/mol. The van der Waals surface area contributed by atoms with E-state index in [0.29, 0.717) is 12.8 Å². The predicted octanol–water partition coefficient (Wildman–Crippen LogP) is -0.767. The molecule has 21 heavy (non-hydrogen) atoms. The molecule has 0 atom stereocenters. The van der Waals surface area contributed by atoms with Crippen LogP contribution in [0.2, 0.25) is 0 Å². The molecular formula is C13H20N4O4. The minimum absolute atomic E-state index is 0.312. The molecule has 2 fully saturated rings. The molecule has 4 N–H and O–H groups in total. The lowest BCUT2D eigenvalue weighted by Gasteiger charge is -2.24. The fourth-order valence-electron chi connectivity index (χ4n) is 2.88. The van der Waals surface area contributed by atoms with Crippen LogP contribution < -0.4 is 16.4 Å². The van der Waals surface area contributed by atoms with E-state index in [-0.39, 0.29) is 19.0 Å². The van der Waals surface area contributed by atoms with Crippen LogP contribution in [-0.2, 0) is 14.4 Å². The second kappa shape index (κ2) is 6.11. The zero-order valence-electron chi connectivity index (χ0n) is 11.8. The number of carbonyl (C=O) groups is 4. The van der Waals surface area contributed by atoms with E-state index < -0.39 is 23.4 Å². The molecule has 1 saturated heterocycles. The van der Waals surface area contributed by atoms with Gasteiger partial charge in [-0.3, -0.25) is 19.3 Å². The third-order valence-corrected chi connectivity index (χ3v) is 3.96. The third-order valence-electron chi connectivity index (χ3n) is 3.96. The fraction of sp³-hybridized carbons (Fsp3) is 0.692. The van der Waals surface area contributed by atoms with Crippen molar-refractivity contribution in [3.05, 3.63) is 0 Å². The van der Waals surface area contributed by atoms with Gasteiger partial charge in [-0.05, 0) is 12.8 Å². The van der Waals surface area contributed by atoms with Crippen LogP contribution in [0.15, 0.2) is 0 Å². The van der Waals surface area contributed by atoms with Gasteiger partial charge < -0.3 is 16.4 Å². The van der Waals surface area contributed by atoms with E-state index in [1.807, 2.05) is 0 Å². The number of hydrogen-bond acceptors (Lipinski definition) is 4. The average Bonchev–Trinajstić information content (AvgIpc) is 2.62. The van der Waals surface area contributed by atoms with Gasteiger partial charge in [0, 0.05) is 0 Å². The number of nitrogens with one attached hydrogen (secondary N) is 2. The summed E-state index contributed by atoms with van der Waals surface area (Å²) < 4.78 is 0. The largest absolute Gasteiger partial charge is 0.368 e. The molecule has 0 aromatic carbocycles. The first-order valence-corrected chi connectivity index (χ1v) is 7.14. The number of nitrogens with zero attached hydrogens (tertiary/aromatic N) is 1. The van der Waals surface area contributed by atoms with Crippen LogP contribution in [0, 0.1) is 0 Å². The molecule has 116 valence electrons. The Hall–Kier alpha value is -2.12. The highest BCUT2D eigenvalue weighted by molar-refractivity contribution is 6.09. The molecule has 1 saturated carbocycles. The summed E-state index contributed by atoms with van der Waals surface area (Å²) in [5.74, 6) is -1.60. The lowest BCUT2D eigenvalue weighted by atomic mass is 9.90. The minimum Gasteiger partial charge on any atom is -0.368 e. The first-order chi connectivity index (χ1) is 9.94. The third kappa shape index (κ3) is 3.32. The zero-order valence-corrected chi connectivity index (χ0v) is 11.8. The van der Waals surface area contributed by atoms with Crippen LogP contribution in [0.1, 0.15) is 38.5 Å². The van der Waals surface area contributed by atoms with E-state index >= 15 is 0 Å². The van der Waals surface area contributed by atoms with Gasteiger partial charge in [-0.1, -0.05) is 25.7 Å². The zero-order chi connectivity index (χ0) is 15.5. The number of carbonyl (C=O) groups excluding carboxylic acids is 4. The van der Waals surface area contributed by atoms with E-state index in [0.717, 1.165) is 30.6 Å². The maximum atomic E-state index is 12.5. The number of amides is 5. The molecule has 8 nitrogen and oxygen atoms in total. The Kier molecular flexibility index (Phi) is 4.44. The summed E-state index contributed by atoms with van der Waals surface area (Å²) in [5, 5.41) is 5.01. The Bertz CT molecular complexity index is 469. The molecule has 2 aliphatic rings. The van der Waals surface area contributed by atoms with Crippen molar-refractivity contribution in [2.45, 2.75) is 44.1 Å². The summed E-state index contributed by atoms with van der Waals surface area (Å²) in [6.07, 6.45) is 5.07. The molecular weight excluding hydrogens is 276 g/mol. The lowest BCUT2D eigenvalue weighted by Crippen LogP contribution is -2.47. The highest BCUT2D eigenvalue weighted by Crippen LogP contribution is 2.32. The topological polar surface area (TPSA) is 122 Å². The van der Waals surface area contributed by atoms with Gasteiger partial charge in [0.1, 0.15) is 12.1 Å². The highest BCUT2D eigenvalue weighted by Gasteiger charge is 2.50. The maximum Gasteiger partial charge on any atom is 0.325 e. The van der Waals surface area contributed by atoms with Crippen LogP contribution in [0.3, 0.4) is 0 Å². The van der Waals surface area contributed by atoms with Gasteiger partial charge in [-0.2, -0.15) is 0 Å². The molecule has 0 aromatic heterocycles. The number of urea groups is 1. The van der Waals surface area contributed by atoms with Gasteiger partial charge in [-0.15, -0.1) is 0 Å². The Morgan fingerprint density at radius 3 is 2.38 bits per heavy atom. The maximum absolute atomic E-state index is 12.5. The molecule has 0 unspecified atom stereocenters. The van der Waals surface area contributed by atoms with Gasteiger partial charge >= 0.3 is 6.03 Å². The lowest BCUT2D eigenvalue weighted by molar-refractivity contribution is -0.135. The predicted molar refractivity (Wildman–Crippen MR) is 72.9 cm³/mol. The second-order valence-electron chi connectivity index (χ2n) is 5.56. The highest BCUT2D eigenvalue weighted by atomic mass is 16.2. The van der Waals surface area contributed by atoms with Crippen LogP contribution in [0.4, 0.5) is 4.79 Å². The quantitative estimate of drug-likeness (QED) is 0.590. The van der Waals surface area contributed by atoms with Crippen LogP contribution in [0.25, 0.3) is 0 Å². The molecule has 1 heterocycles. The Labute approximate surface area is 122 Å². The van der Waals surface area contributed by atoms with Gasteiger partial charge in [-0.25, -0.2) is 4.79 Å². The Morgan fingerprint density at radius 1 is 1.19 bits per heavy atom. The van der Waals surface area contributed by atoms with Gasteiger partial charge in [0.15, 0.2) is 0 Å². The van der Waals surface area contributed by atoms with E-state index in [4.69, 9.17) is 5.73 Å². The molecule has 0 bridgehead atoms. The first kappa shape index (κ1) is 15.3. The molecule has 2 rings (SSSR count). The molecule has 1 aliphatic carbocycles. The summed E-state index contributed by atoms with van der Waals surface area (Å²) in [5.41, 5.74) is 4.07. The number of hydrogen-bond donors (Lipinski definition) is 3. The van der Waals surface area contributed by atoms with Crippen LogP contribution in [-0.4, -0.2) is 47.3 Å². The van der Waals surface area contributed by atoms with Crippen molar-refractivity contribution in [1.82, 2.24) is 15.5 Å². The standard InChI is InChI=1S/C13H20N4O4/c14-9(18)7-15-10(19)8-17-11(20)13(16-12(17)21)5-3-1-2-4-6-13/h1-8H2,(H2,14,18)(H,15,19)(H,16,21). The van der Waals surface area contributed by atoms with E-state index in [1.54, 1.807) is 0 Å². The molecule has 5 amide bonds. The SMILES string of the molecule is NC(=O)CNC(=O)CN1C(=O)NC2(CCCCCC2)C1=O. The number of nitrogens with two attached hydrogens (primary N) is 1. The Morgan fingerprint density at radius 2 is 1.81 bits per heavy atom. The van der Waals surface area contributed by atoms with Crippen molar-refractivity contribution in [3.63, 3.8) is 0 Å². The summed E-state index contributed by atoms with van der Waals surface area (Å²) in [7, 11) is 0. The molecule has 0 radical (unpaired) electrons. The van der Waals surface area contributed by atoms with Crippen molar-refractivity contribution < 1.29 is 19.2 Å². The molecule has 1 aliphatic heterocycles.